The van der Waals surface area contributed by atoms with Gasteiger partial charge in [-0.05, 0) is 36.4 Å². The maximum Gasteiger partial charge on any atom is 0.416 e. The predicted molar refractivity (Wildman–Crippen MR) is 74.3 cm³/mol. The van der Waals surface area contributed by atoms with E-state index in [2.05, 4.69) is 9.97 Å². The lowest BCUT2D eigenvalue weighted by atomic mass is 10.1. The van der Waals surface area contributed by atoms with Crippen LogP contribution in [-0.4, -0.2) is 9.97 Å². The second-order valence-corrected chi connectivity index (χ2v) is 4.74. The SMILES string of the molecule is Nc1ccc2cnc(-c3cc(F)cc(C(F)(F)F)c3)nc2c1. The Morgan fingerprint density at radius 2 is 1.77 bits per heavy atom. The molecule has 0 amide bonds. The number of hydrogen-bond acceptors (Lipinski definition) is 3. The summed E-state index contributed by atoms with van der Waals surface area (Å²) in [6, 6.07) is 7.14. The second kappa shape index (κ2) is 4.94. The number of fused-ring (bicyclic) bond motifs is 1. The van der Waals surface area contributed by atoms with Crippen LogP contribution in [0.5, 0.6) is 0 Å². The Balaban J connectivity index is 2.16. The summed E-state index contributed by atoms with van der Waals surface area (Å²) in [6.07, 6.45) is -3.19. The van der Waals surface area contributed by atoms with Gasteiger partial charge in [0.05, 0.1) is 11.1 Å². The maximum absolute atomic E-state index is 13.4. The summed E-state index contributed by atoms with van der Waals surface area (Å²) in [5.74, 6) is -0.996. The normalized spacial score (nSPS) is 11.8. The maximum atomic E-state index is 13.4. The van der Waals surface area contributed by atoms with E-state index in [0.717, 1.165) is 12.1 Å². The van der Waals surface area contributed by atoms with Crippen LogP contribution in [0.3, 0.4) is 0 Å². The summed E-state index contributed by atoms with van der Waals surface area (Å²) in [7, 11) is 0. The molecule has 1 heterocycles. The molecular formula is C15H9F4N3. The van der Waals surface area contributed by atoms with Gasteiger partial charge in [0.25, 0.3) is 0 Å². The van der Waals surface area contributed by atoms with Gasteiger partial charge in [-0.25, -0.2) is 14.4 Å². The van der Waals surface area contributed by atoms with Crippen LogP contribution >= 0.6 is 0 Å². The van der Waals surface area contributed by atoms with Gasteiger partial charge in [0, 0.05) is 22.8 Å². The molecule has 0 aliphatic carbocycles. The molecule has 0 spiro atoms. The van der Waals surface area contributed by atoms with Crippen molar-refractivity contribution in [2.24, 2.45) is 0 Å². The van der Waals surface area contributed by atoms with Gasteiger partial charge in [-0.1, -0.05) is 0 Å². The summed E-state index contributed by atoms with van der Waals surface area (Å²) in [5, 5.41) is 0.686. The van der Waals surface area contributed by atoms with Crippen LogP contribution in [0.2, 0.25) is 0 Å². The smallest absolute Gasteiger partial charge is 0.399 e. The number of hydrogen-bond donors (Lipinski definition) is 1. The average Bonchev–Trinajstić information content (AvgIpc) is 2.45. The summed E-state index contributed by atoms with van der Waals surface area (Å²) in [5.41, 5.74) is 5.46. The molecule has 0 radical (unpaired) electrons. The van der Waals surface area contributed by atoms with Gasteiger partial charge in [-0.3, -0.25) is 0 Å². The number of halogens is 4. The first-order valence-corrected chi connectivity index (χ1v) is 6.23. The van der Waals surface area contributed by atoms with Crippen molar-refractivity contribution in [3.8, 4) is 11.4 Å². The lowest BCUT2D eigenvalue weighted by Crippen LogP contribution is -2.06. The molecule has 2 aromatic carbocycles. The zero-order valence-corrected chi connectivity index (χ0v) is 11.0. The molecule has 0 aliphatic heterocycles. The summed E-state index contributed by atoms with van der Waals surface area (Å²) in [4.78, 5) is 8.13. The van der Waals surface area contributed by atoms with Gasteiger partial charge in [0.2, 0.25) is 0 Å². The minimum absolute atomic E-state index is 0.00287. The van der Waals surface area contributed by atoms with Crippen molar-refractivity contribution in [3.05, 3.63) is 54.0 Å². The third-order valence-corrected chi connectivity index (χ3v) is 3.09. The average molecular weight is 307 g/mol. The van der Waals surface area contributed by atoms with E-state index >= 15 is 0 Å². The Morgan fingerprint density at radius 3 is 2.50 bits per heavy atom. The largest absolute Gasteiger partial charge is 0.416 e. The third kappa shape index (κ3) is 2.69. The highest BCUT2D eigenvalue weighted by Crippen LogP contribution is 2.32. The van der Waals surface area contributed by atoms with Crippen molar-refractivity contribution in [2.75, 3.05) is 5.73 Å². The van der Waals surface area contributed by atoms with Crippen molar-refractivity contribution < 1.29 is 17.6 Å². The van der Waals surface area contributed by atoms with Crippen molar-refractivity contribution >= 4 is 16.6 Å². The summed E-state index contributed by atoms with van der Waals surface area (Å²) >= 11 is 0. The summed E-state index contributed by atoms with van der Waals surface area (Å²) in [6.45, 7) is 0. The van der Waals surface area contributed by atoms with E-state index in [9.17, 15) is 17.6 Å². The van der Waals surface area contributed by atoms with Crippen LogP contribution in [-0.2, 0) is 6.18 Å². The molecule has 7 heteroatoms. The molecular weight excluding hydrogens is 298 g/mol. The molecule has 0 saturated carbocycles. The molecule has 0 unspecified atom stereocenters. The van der Waals surface area contributed by atoms with Gasteiger partial charge >= 0.3 is 6.18 Å². The fraction of sp³-hybridized carbons (Fsp3) is 0.0667. The number of nitrogens with zero attached hydrogens (tertiary/aromatic N) is 2. The zero-order chi connectivity index (χ0) is 15.9. The van der Waals surface area contributed by atoms with Crippen LogP contribution in [0.25, 0.3) is 22.3 Å². The molecule has 0 aliphatic rings. The van der Waals surface area contributed by atoms with E-state index in [0.29, 0.717) is 22.7 Å². The fourth-order valence-electron chi connectivity index (χ4n) is 2.06. The molecule has 3 nitrogen and oxygen atoms in total. The number of anilines is 1. The molecule has 3 aromatic rings. The van der Waals surface area contributed by atoms with E-state index in [-0.39, 0.29) is 11.4 Å². The fourth-order valence-corrected chi connectivity index (χ4v) is 2.06. The molecule has 3 rings (SSSR count). The molecule has 0 atom stereocenters. The first kappa shape index (κ1) is 14.2. The molecule has 2 N–H and O–H groups in total. The Morgan fingerprint density at radius 1 is 1.00 bits per heavy atom. The molecule has 0 fully saturated rings. The number of nitrogen functional groups attached to an aromatic ring is 1. The highest BCUT2D eigenvalue weighted by Gasteiger charge is 2.31. The number of alkyl halides is 3. The van der Waals surface area contributed by atoms with Crippen LogP contribution in [0.15, 0.2) is 42.6 Å². The monoisotopic (exact) mass is 307 g/mol. The van der Waals surface area contributed by atoms with E-state index in [1.165, 1.54) is 6.20 Å². The third-order valence-electron chi connectivity index (χ3n) is 3.09. The Kier molecular flexibility index (Phi) is 3.20. The Labute approximate surface area is 122 Å². The van der Waals surface area contributed by atoms with Gasteiger partial charge in [0.1, 0.15) is 5.82 Å². The first-order chi connectivity index (χ1) is 10.3. The van der Waals surface area contributed by atoms with Gasteiger partial charge in [0.15, 0.2) is 5.82 Å². The number of benzene rings is 2. The standard InChI is InChI=1S/C15H9F4N3/c16-11-4-9(3-10(5-11)15(17,18)19)14-21-7-8-1-2-12(20)6-13(8)22-14/h1-7H,20H2. The van der Waals surface area contributed by atoms with E-state index < -0.39 is 17.6 Å². The van der Waals surface area contributed by atoms with Crippen molar-refractivity contribution in [1.29, 1.82) is 0 Å². The van der Waals surface area contributed by atoms with Crippen LogP contribution in [0.1, 0.15) is 5.56 Å². The topological polar surface area (TPSA) is 51.8 Å². The molecule has 0 bridgehead atoms. The molecule has 22 heavy (non-hydrogen) atoms. The first-order valence-electron chi connectivity index (χ1n) is 6.23. The quantitative estimate of drug-likeness (QED) is 0.545. The lowest BCUT2D eigenvalue weighted by Gasteiger charge is -2.09. The summed E-state index contributed by atoms with van der Waals surface area (Å²) < 4.78 is 51.7. The molecule has 1 aromatic heterocycles. The number of rotatable bonds is 1. The van der Waals surface area contributed by atoms with Crippen molar-refractivity contribution in [1.82, 2.24) is 9.97 Å². The number of nitrogens with two attached hydrogens (primary N) is 1. The van der Waals surface area contributed by atoms with E-state index in [1.54, 1.807) is 18.2 Å². The van der Waals surface area contributed by atoms with E-state index in [4.69, 9.17) is 5.73 Å². The van der Waals surface area contributed by atoms with Crippen LogP contribution < -0.4 is 5.73 Å². The van der Waals surface area contributed by atoms with Gasteiger partial charge in [-0.2, -0.15) is 13.2 Å². The van der Waals surface area contributed by atoms with Crippen LogP contribution in [0, 0.1) is 5.82 Å². The Bertz CT molecular complexity index is 859. The van der Waals surface area contributed by atoms with Crippen molar-refractivity contribution in [2.45, 2.75) is 6.18 Å². The predicted octanol–water partition coefficient (Wildman–Crippen LogP) is 4.04. The zero-order valence-electron chi connectivity index (χ0n) is 11.0. The van der Waals surface area contributed by atoms with Crippen molar-refractivity contribution in [3.63, 3.8) is 0 Å². The highest BCUT2D eigenvalue weighted by molar-refractivity contribution is 5.82. The van der Waals surface area contributed by atoms with Gasteiger partial charge in [-0.15, -0.1) is 0 Å². The lowest BCUT2D eigenvalue weighted by molar-refractivity contribution is -0.137. The second-order valence-electron chi connectivity index (χ2n) is 4.74. The minimum atomic E-state index is -4.64. The Hall–Kier alpha value is -2.70. The highest BCUT2D eigenvalue weighted by atomic mass is 19.4. The minimum Gasteiger partial charge on any atom is -0.399 e. The van der Waals surface area contributed by atoms with E-state index in [1.807, 2.05) is 0 Å². The van der Waals surface area contributed by atoms with Gasteiger partial charge < -0.3 is 5.73 Å². The molecule has 112 valence electrons. The number of aromatic nitrogens is 2. The van der Waals surface area contributed by atoms with Crippen LogP contribution in [0.4, 0.5) is 23.2 Å². The molecule has 0 saturated heterocycles.